The monoisotopic (exact) mass is 249 g/mol. The Kier molecular flexibility index (Phi) is 3.82. The number of aromatic carboxylic acids is 1. The number of hydrogen-bond acceptors (Lipinski definition) is 3. The van der Waals surface area contributed by atoms with E-state index in [-0.39, 0.29) is 17.2 Å². The molecule has 0 fully saturated rings. The Morgan fingerprint density at radius 1 is 1.44 bits per heavy atom. The van der Waals surface area contributed by atoms with Crippen molar-refractivity contribution >= 4 is 11.9 Å². The second-order valence-corrected chi connectivity index (χ2v) is 4.27. The lowest BCUT2D eigenvalue weighted by Crippen LogP contribution is -2.24. The largest absolute Gasteiger partial charge is 0.478 e. The number of carbonyl (C=O) groups excluding carboxylic acids is 1. The topological polar surface area (TPSA) is 79.5 Å². The molecule has 1 aliphatic carbocycles. The van der Waals surface area contributed by atoms with Gasteiger partial charge >= 0.3 is 5.97 Å². The predicted octanol–water partition coefficient (Wildman–Crippen LogP) is 2.21. The molecule has 18 heavy (non-hydrogen) atoms. The molecule has 5 nitrogen and oxygen atoms in total. The molecular formula is C13H15NO4. The summed E-state index contributed by atoms with van der Waals surface area (Å²) in [6.45, 7) is 0.549. The van der Waals surface area contributed by atoms with Gasteiger partial charge in [0.25, 0.3) is 5.91 Å². The van der Waals surface area contributed by atoms with Gasteiger partial charge in [-0.15, -0.1) is 0 Å². The molecule has 0 aliphatic heterocycles. The molecule has 0 bridgehead atoms. The number of allylic oxidation sites excluding steroid dienone is 1. The van der Waals surface area contributed by atoms with E-state index in [1.807, 2.05) is 0 Å². The molecule has 0 radical (unpaired) electrons. The summed E-state index contributed by atoms with van der Waals surface area (Å²) in [5.74, 6) is -1.44. The van der Waals surface area contributed by atoms with Gasteiger partial charge < -0.3 is 14.8 Å². The molecule has 0 aromatic carbocycles. The van der Waals surface area contributed by atoms with Crippen molar-refractivity contribution in [1.29, 1.82) is 0 Å². The molecule has 5 heteroatoms. The van der Waals surface area contributed by atoms with E-state index in [9.17, 15) is 9.59 Å². The van der Waals surface area contributed by atoms with Crippen LogP contribution in [0.15, 0.2) is 28.4 Å². The third kappa shape index (κ3) is 3.00. The Morgan fingerprint density at radius 2 is 2.28 bits per heavy atom. The van der Waals surface area contributed by atoms with Crippen molar-refractivity contribution in [2.45, 2.75) is 25.7 Å². The summed E-state index contributed by atoms with van der Waals surface area (Å²) in [5.41, 5.74) is 1.36. The van der Waals surface area contributed by atoms with Crippen LogP contribution >= 0.6 is 0 Å². The van der Waals surface area contributed by atoms with Crippen molar-refractivity contribution in [1.82, 2.24) is 5.32 Å². The summed E-state index contributed by atoms with van der Waals surface area (Å²) in [7, 11) is 0. The molecule has 0 saturated carbocycles. The fourth-order valence-electron chi connectivity index (χ4n) is 1.96. The average Bonchev–Trinajstić information content (AvgIpc) is 2.99. The second-order valence-electron chi connectivity index (χ2n) is 4.27. The third-order valence-corrected chi connectivity index (χ3v) is 2.94. The van der Waals surface area contributed by atoms with Crippen LogP contribution in [-0.4, -0.2) is 23.5 Å². The quantitative estimate of drug-likeness (QED) is 0.784. The van der Waals surface area contributed by atoms with Crippen LogP contribution < -0.4 is 5.32 Å². The van der Waals surface area contributed by atoms with Gasteiger partial charge in [0.15, 0.2) is 5.76 Å². The number of nitrogens with one attached hydrogen (secondary N) is 1. The normalized spacial score (nSPS) is 14.3. The highest BCUT2D eigenvalue weighted by molar-refractivity contribution is 5.95. The Labute approximate surface area is 104 Å². The maximum absolute atomic E-state index is 11.6. The van der Waals surface area contributed by atoms with E-state index in [1.165, 1.54) is 18.1 Å². The maximum atomic E-state index is 11.6. The molecule has 2 N–H and O–H groups in total. The van der Waals surface area contributed by atoms with Crippen LogP contribution in [0.3, 0.4) is 0 Å². The van der Waals surface area contributed by atoms with Gasteiger partial charge in [-0.25, -0.2) is 4.79 Å². The van der Waals surface area contributed by atoms with Crippen molar-refractivity contribution in [2.24, 2.45) is 0 Å². The van der Waals surface area contributed by atoms with E-state index in [2.05, 4.69) is 11.4 Å². The number of carboxylic acid groups (broad SMARTS) is 1. The number of carboxylic acids is 1. The van der Waals surface area contributed by atoms with Crippen molar-refractivity contribution in [2.75, 3.05) is 6.54 Å². The predicted molar refractivity (Wildman–Crippen MR) is 64.6 cm³/mol. The van der Waals surface area contributed by atoms with E-state index in [1.54, 1.807) is 0 Å². The minimum absolute atomic E-state index is 0.0151. The average molecular weight is 249 g/mol. The Hall–Kier alpha value is -2.04. The van der Waals surface area contributed by atoms with E-state index >= 15 is 0 Å². The molecule has 96 valence electrons. The van der Waals surface area contributed by atoms with Crippen LogP contribution in [0, 0.1) is 0 Å². The van der Waals surface area contributed by atoms with Gasteiger partial charge in [0.2, 0.25) is 0 Å². The molecule has 0 saturated heterocycles. The maximum Gasteiger partial charge on any atom is 0.338 e. The van der Waals surface area contributed by atoms with Gasteiger partial charge in [0.05, 0.1) is 5.56 Å². The first-order valence-corrected chi connectivity index (χ1v) is 5.95. The van der Waals surface area contributed by atoms with Crippen molar-refractivity contribution < 1.29 is 19.1 Å². The third-order valence-electron chi connectivity index (χ3n) is 2.94. The summed E-state index contributed by atoms with van der Waals surface area (Å²) < 4.78 is 4.90. The van der Waals surface area contributed by atoms with Gasteiger partial charge in [0.1, 0.15) is 6.26 Å². The van der Waals surface area contributed by atoms with E-state index in [0.717, 1.165) is 25.5 Å². The lowest BCUT2D eigenvalue weighted by molar-refractivity contribution is 0.0696. The molecular weight excluding hydrogens is 234 g/mol. The Bertz CT molecular complexity index is 487. The lowest BCUT2D eigenvalue weighted by Gasteiger charge is -2.03. The summed E-state index contributed by atoms with van der Waals surface area (Å²) in [6, 6.07) is 1.23. The fourth-order valence-corrected chi connectivity index (χ4v) is 1.96. The van der Waals surface area contributed by atoms with Crippen molar-refractivity contribution in [3.05, 3.63) is 35.3 Å². The molecule has 1 amide bonds. The van der Waals surface area contributed by atoms with Crippen LogP contribution in [0.2, 0.25) is 0 Å². The summed E-state index contributed by atoms with van der Waals surface area (Å²) in [5, 5.41) is 11.4. The minimum atomic E-state index is -1.10. The van der Waals surface area contributed by atoms with Gasteiger partial charge in [0, 0.05) is 12.6 Å². The molecule has 0 spiro atoms. The number of rotatable bonds is 5. The van der Waals surface area contributed by atoms with Gasteiger partial charge in [-0.2, -0.15) is 0 Å². The first-order chi connectivity index (χ1) is 8.66. The highest BCUT2D eigenvalue weighted by Gasteiger charge is 2.14. The van der Waals surface area contributed by atoms with Crippen LogP contribution in [-0.2, 0) is 0 Å². The highest BCUT2D eigenvalue weighted by Crippen LogP contribution is 2.19. The van der Waals surface area contributed by atoms with Crippen molar-refractivity contribution in [3.63, 3.8) is 0 Å². The zero-order valence-corrected chi connectivity index (χ0v) is 9.94. The first-order valence-electron chi connectivity index (χ1n) is 5.95. The lowest BCUT2D eigenvalue weighted by atomic mass is 10.2. The van der Waals surface area contributed by atoms with Crippen LogP contribution in [0.25, 0.3) is 0 Å². The van der Waals surface area contributed by atoms with E-state index < -0.39 is 5.97 Å². The van der Waals surface area contributed by atoms with Crippen LogP contribution in [0.1, 0.15) is 46.6 Å². The molecule has 1 aromatic heterocycles. The highest BCUT2D eigenvalue weighted by atomic mass is 16.4. The second kappa shape index (κ2) is 5.53. The van der Waals surface area contributed by atoms with Crippen LogP contribution in [0.5, 0.6) is 0 Å². The van der Waals surface area contributed by atoms with Crippen LogP contribution in [0.4, 0.5) is 0 Å². The minimum Gasteiger partial charge on any atom is -0.478 e. The molecule has 1 aliphatic rings. The van der Waals surface area contributed by atoms with Gasteiger partial charge in [-0.1, -0.05) is 11.6 Å². The summed E-state index contributed by atoms with van der Waals surface area (Å²) in [6.07, 6.45) is 7.56. The zero-order chi connectivity index (χ0) is 13.0. The molecule has 0 unspecified atom stereocenters. The Morgan fingerprint density at radius 3 is 2.89 bits per heavy atom. The van der Waals surface area contributed by atoms with E-state index in [4.69, 9.17) is 9.52 Å². The Balaban J connectivity index is 1.81. The number of furan rings is 1. The molecule has 0 atom stereocenters. The molecule has 1 aromatic rings. The number of hydrogen-bond donors (Lipinski definition) is 2. The SMILES string of the molecule is O=C(O)c1coc(C(=O)NCCC2=CCCC2)c1. The first kappa shape index (κ1) is 12.4. The standard InChI is InChI=1S/C13H15NO4/c15-12(11-7-10(8-18-11)13(16)17)14-6-5-9-3-1-2-4-9/h3,7-8H,1-2,4-6H2,(H,14,15)(H,16,17). The smallest absolute Gasteiger partial charge is 0.338 e. The molecule has 2 rings (SSSR count). The van der Waals surface area contributed by atoms with E-state index in [0.29, 0.717) is 6.54 Å². The van der Waals surface area contributed by atoms with Gasteiger partial charge in [-0.05, 0) is 25.7 Å². The van der Waals surface area contributed by atoms with Crippen molar-refractivity contribution in [3.8, 4) is 0 Å². The number of carbonyl (C=O) groups is 2. The summed E-state index contributed by atoms with van der Waals surface area (Å²) >= 11 is 0. The number of amides is 1. The molecule has 1 heterocycles. The van der Waals surface area contributed by atoms with Gasteiger partial charge in [-0.3, -0.25) is 4.79 Å². The fraction of sp³-hybridized carbons (Fsp3) is 0.385. The summed E-state index contributed by atoms with van der Waals surface area (Å²) in [4.78, 5) is 22.3. The zero-order valence-electron chi connectivity index (χ0n) is 9.94.